The summed E-state index contributed by atoms with van der Waals surface area (Å²) in [4.78, 5) is 1.05. The lowest BCUT2D eigenvalue weighted by Crippen LogP contribution is -1.74. The van der Waals surface area contributed by atoms with Crippen molar-refractivity contribution < 1.29 is 0 Å². The molecule has 1 rings (SSSR count). The van der Waals surface area contributed by atoms with E-state index in [1.165, 1.54) is 17.7 Å². The van der Waals surface area contributed by atoms with Crippen LogP contribution in [-0.2, 0) is 0 Å². The van der Waals surface area contributed by atoms with E-state index >= 15 is 0 Å². The molecule has 0 amide bonds. The van der Waals surface area contributed by atoms with Crippen molar-refractivity contribution in [2.75, 3.05) is 0 Å². The number of nitrogens with zero attached hydrogens (tertiary/aromatic N) is 1. The fourth-order valence-electron chi connectivity index (χ4n) is 0.643. The van der Waals surface area contributed by atoms with Crippen LogP contribution in [-0.4, -0.2) is 10.6 Å². The fraction of sp³-hybridized carbons (Fsp3) is 0.143. The molecule has 0 aliphatic carbocycles. The van der Waals surface area contributed by atoms with Crippen molar-refractivity contribution in [2.45, 2.75) is 6.92 Å². The van der Waals surface area contributed by atoms with Crippen molar-refractivity contribution in [1.82, 2.24) is 4.37 Å². The first kappa shape index (κ1) is 7.15. The van der Waals surface area contributed by atoms with Crippen molar-refractivity contribution in [3.8, 4) is 0 Å². The van der Waals surface area contributed by atoms with Crippen molar-refractivity contribution in [1.29, 1.82) is 5.41 Å². The third kappa shape index (κ3) is 1.30. The van der Waals surface area contributed by atoms with Crippen LogP contribution in [0.4, 0.5) is 0 Å². The molecule has 3 heteroatoms. The predicted molar refractivity (Wildman–Crippen MR) is 44.7 cm³/mol. The Morgan fingerprint density at radius 1 is 1.70 bits per heavy atom. The number of allylic oxidation sites excluding steroid dienone is 1. The second-order valence-electron chi connectivity index (χ2n) is 1.79. The summed E-state index contributed by atoms with van der Waals surface area (Å²) < 4.78 is 3.95. The van der Waals surface area contributed by atoms with E-state index in [1.807, 2.05) is 19.1 Å². The monoisotopic (exact) mass is 152 g/mol. The fourth-order valence-corrected chi connectivity index (χ4v) is 1.34. The maximum absolute atomic E-state index is 6.99. The van der Waals surface area contributed by atoms with Gasteiger partial charge in [0, 0.05) is 11.8 Å². The zero-order valence-corrected chi connectivity index (χ0v) is 6.48. The molecule has 0 aliphatic heterocycles. The number of hydrogen-bond acceptors (Lipinski definition) is 3. The van der Waals surface area contributed by atoms with Gasteiger partial charge in [0.05, 0.1) is 11.1 Å². The maximum Gasteiger partial charge on any atom is 0.0561 e. The largest absolute Gasteiger partial charge is 0.308 e. The summed E-state index contributed by atoms with van der Waals surface area (Å²) in [5.74, 6) is 0. The number of aromatic nitrogens is 1. The quantitative estimate of drug-likeness (QED) is 0.648. The summed E-state index contributed by atoms with van der Waals surface area (Å²) in [5.41, 5.74) is 0.892. The van der Waals surface area contributed by atoms with Gasteiger partial charge in [0.15, 0.2) is 0 Å². The maximum atomic E-state index is 6.99. The molecule has 1 aromatic rings. The number of rotatable bonds is 2. The van der Waals surface area contributed by atoms with Crippen LogP contribution in [0.2, 0.25) is 0 Å². The summed E-state index contributed by atoms with van der Waals surface area (Å²) in [6.45, 7) is 1.95. The highest BCUT2D eigenvalue weighted by Crippen LogP contribution is 2.12. The van der Waals surface area contributed by atoms with Gasteiger partial charge in [0.2, 0.25) is 0 Å². The first-order valence-electron chi connectivity index (χ1n) is 2.96. The molecule has 1 heterocycles. The highest BCUT2D eigenvalue weighted by atomic mass is 32.1. The third-order valence-electron chi connectivity index (χ3n) is 1.10. The van der Waals surface area contributed by atoms with E-state index < -0.39 is 0 Å². The average Bonchev–Trinajstić information content (AvgIpc) is 2.36. The van der Waals surface area contributed by atoms with E-state index in [0.29, 0.717) is 0 Å². The van der Waals surface area contributed by atoms with Crippen molar-refractivity contribution in [2.24, 2.45) is 0 Å². The Hall–Kier alpha value is -0.960. The van der Waals surface area contributed by atoms with Gasteiger partial charge >= 0.3 is 0 Å². The first-order valence-corrected chi connectivity index (χ1v) is 3.73. The first-order chi connectivity index (χ1) is 4.88. The molecule has 0 saturated heterocycles. The summed E-state index contributed by atoms with van der Waals surface area (Å²) in [5, 5.41) is 6.99. The lowest BCUT2D eigenvalue weighted by molar-refractivity contribution is 1.52. The molecule has 1 aromatic heterocycles. The SMILES string of the molecule is C/C=C\c1sncc1C=N. The van der Waals surface area contributed by atoms with Gasteiger partial charge in [-0.05, 0) is 24.5 Å². The van der Waals surface area contributed by atoms with Gasteiger partial charge in [0.25, 0.3) is 0 Å². The van der Waals surface area contributed by atoms with E-state index in [0.717, 1.165) is 10.4 Å². The molecular formula is C7H8N2S. The standard InChI is InChI=1S/C7H8N2S/c1-2-3-7-6(4-8)5-9-10-7/h2-5,8H,1H3/b3-2-,8-4?. The molecule has 2 nitrogen and oxygen atoms in total. The molecule has 0 saturated carbocycles. The lowest BCUT2D eigenvalue weighted by Gasteiger charge is -1.83. The molecule has 1 N–H and O–H groups in total. The van der Waals surface area contributed by atoms with E-state index in [1.54, 1.807) is 6.20 Å². The number of nitrogens with one attached hydrogen (secondary N) is 1. The van der Waals surface area contributed by atoms with Crippen LogP contribution in [0.25, 0.3) is 6.08 Å². The highest BCUT2D eigenvalue weighted by molar-refractivity contribution is 7.07. The molecule has 52 valence electrons. The molecular weight excluding hydrogens is 144 g/mol. The Bertz CT molecular complexity index is 250. The molecule has 0 fully saturated rings. The summed E-state index contributed by atoms with van der Waals surface area (Å²) >= 11 is 1.41. The summed E-state index contributed by atoms with van der Waals surface area (Å²) in [6.07, 6.45) is 6.92. The van der Waals surface area contributed by atoms with Gasteiger partial charge in [-0.25, -0.2) is 0 Å². The van der Waals surface area contributed by atoms with E-state index in [9.17, 15) is 0 Å². The van der Waals surface area contributed by atoms with E-state index in [2.05, 4.69) is 4.37 Å². The average molecular weight is 152 g/mol. The molecule has 0 atom stereocenters. The molecule has 0 radical (unpaired) electrons. The topological polar surface area (TPSA) is 36.7 Å². The molecule has 0 spiro atoms. The Morgan fingerprint density at radius 2 is 2.50 bits per heavy atom. The zero-order valence-electron chi connectivity index (χ0n) is 5.66. The van der Waals surface area contributed by atoms with Gasteiger partial charge in [-0.15, -0.1) is 0 Å². The minimum atomic E-state index is 0.892. The second-order valence-corrected chi connectivity index (χ2v) is 2.62. The van der Waals surface area contributed by atoms with Crippen LogP contribution >= 0.6 is 11.5 Å². The minimum Gasteiger partial charge on any atom is -0.308 e. The van der Waals surface area contributed by atoms with Crippen molar-refractivity contribution in [3.63, 3.8) is 0 Å². The van der Waals surface area contributed by atoms with Crippen LogP contribution < -0.4 is 0 Å². The van der Waals surface area contributed by atoms with Gasteiger partial charge in [-0.2, -0.15) is 4.37 Å². The lowest BCUT2D eigenvalue weighted by atomic mass is 10.3. The van der Waals surface area contributed by atoms with Crippen molar-refractivity contribution >= 4 is 23.8 Å². The Balaban J connectivity index is 3.00. The van der Waals surface area contributed by atoms with Gasteiger partial charge < -0.3 is 5.41 Å². The van der Waals surface area contributed by atoms with Gasteiger partial charge in [0.1, 0.15) is 0 Å². The van der Waals surface area contributed by atoms with Gasteiger partial charge in [-0.3, -0.25) is 0 Å². The van der Waals surface area contributed by atoms with E-state index in [4.69, 9.17) is 5.41 Å². The smallest absolute Gasteiger partial charge is 0.0561 e. The normalized spacial score (nSPS) is 10.5. The van der Waals surface area contributed by atoms with E-state index in [-0.39, 0.29) is 0 Å². The molecule has 0 aromatic carbocycles. The van der Waals surface area contributed by atoms with Crippen LogP contribution in [0.5, 0.6) is 0 Å². The highest BCUT2D eigenvalue weighted by Gasteiger charge is 1.96. The molecule has 0 unspecified atom stereocenters. The molecule has 0 aliphatic rings. The van der Waals surface area contributed by atoms with Crippen LogP contribution in [0.1, 0.15) is 17.4 Å². The van der Waals surface area contributed by atoms with Crippen LogP contribution in [0.15, 0.2) is 12.3 Å². The number of hydrogen-bond donors (Lipinski definition) is 1. The van der Waals surface area contributed by atoms with Crippen LogP contribution in [0.3, 0.4) is 0 Å². The Labute approximate surface area is 63.9 Å². The molecule has 10 heavy (non-hydrogen) atoms. The Kier molecular flexibility index (Phi) is 2.34. The summed E-state index contributed by atoms with van der Waals surface area (Å²) in [6, 6.07) is 0. The predicted octanol–water partition coefficient (Wildman–Crippen LogP) is 2.17. The zero-order chi connectivity index (χ0) is 7.40. The second kappa shape index (κ2) is 3.27. The van der Waals surface area contributed by atoms with Gasteiger partial charge in [-0.1, -0.05) is 6.08 Å². The van der Waals surface area contributed by atoms with Crippen molar-refractivity contribution in [3.05, 3.63) is 22.7 Å². The minimum absolute atomic E-state index is 0.892. The third-order valence-corrected chi connectivity index (χ3v) is 1.88. The Morgan fingerprint density at radius 3 is 3.10 bits per heavy atom. The molecule has 0 bridgehead atoms. The summed E-state index contributed by atoms with van der Waals surface area (Å²) in [7, 11) is 0. The van der Waals surface area contributed by atoms with Crippen LogP contribution in [0, 0.1) is 5.41 Å².